The fraction of sp³-hybridized carbons (Fsp3) is 0.769. The van der Waals surface area contributed by atoms with Gasteiger partial charge in [-0.15, -0.1) is 5.10 Å². The normalized spacial score (nSPS) is 17.9. The number of rotatable bonds is 6. The van der Waals surface area contributed by atoms with Gasteiger partial charge in [0, 0.05) is 11.8 Å². The van der Waals surface area contributed by atoms with E-state index in [4.69, 9.17) is 0 Å². The van der Waals surface area contributed by atoms with Crippen molar-refractivity contribution in [1.82, 2.24) is 25.6 Å². The van der Waals surface area contributed by atoms with Crippen molar-refractivity contribution in [2.45, 2.75) is 37.5 Å². The molecule has 2 rings (SSSR count). The van der Waals surface area contributed by atoms with Gasteiger partial charge in [-0.1, -0.05) is 12.1 Å². The highest BCUT2D eigenvalue weighted by molar-refractivity contribution is 7.99. The summed E-state index contributed by atoms with van der Waals surface area (Å²) in [5.74, 6) is -0.126. The third-order valence-electron chi connectivity index (χ3n) is 3.66. The fourth-order valence-electron chi connectivity index (χ4n) is 2.23. The van der Waals surface area contributed by atoms with Crippen molar-refractivity contribution in [2.75, 3.05) is 25.9 Å². The summed E-state index contributed by atoms with van der Waals surface area (Å²) < 4.78 is 1.83. The molecule has 1 atom stereocenters. The first-order valence-corrected chi connectivity index (χ1v) is 8.43. The second-order valence-corrected chi connectivity index (χ2v) is 6.43. The van der Waals surface area contributed by atoms with Gasteiger partial charge in [0.1, 0.15) is 0 Å². The molecule has 6 nitrogen and oxygen atoms in total. The van der Waals surface area contributed by atoms with Crippen LogP contribution in [0.3, 0.4) is 0 Å². The van der Waals surface area contributed by atoms with Crippen LogP contribution in [0, 0.1) is 0 Å². The van der Waals surface area contributed by atoms with Crippen LogP contribution in [0.1, 0.15) is 42.7 Å². The number of carbonyl (C=O) groups excluding carboxylic acids is 1. The van der Waals surface area contributed by atoms with Crippen LogP contribution < -0.4 is 10.6 Å². The quantitative estimate of drug-likeness (QED) is 0.822. The maximum Gasteiger partial charge on any atom is 0.273 e. The van der Waals surface area contributed by atoms with E-state index >= 15 is 0 Å². The summed E-state index contributed by atoms with van der Waals surface area (Å²) in [5, 5.41) is 14.9. The molecule has 1 aliphatic rings. The van der Waals surface area contributed by atoms with Crippen LogP contribution in [0.5, 0.6) is 0 Å². The Kier molecular flexibility index (Phi) is 5.85. The number of piperidine rings is 1. The fourth-order valence-corrected chi connectivity index (χ4v) is 2.58. The lowest BCUT2D eigenvalue weighted by Gasteiger charge is -2.22. The molecule has 0 radical (unpaired) electrons. The molecule has 1 saturated heterocycles. The summed E-state index contributed by atoms with van der Waals surface area (Å²) >= 11 is 1.81. The Morgan fingerprint density at radius 2 is 2.35 bits per heavy atom. The lowest BCUT2D eigenvalue weighted by Crippen LogP contribution is -2.29. The number of hydrogen-bond donors (Lipinski definition) is 2. The first-order valence-electron chi connectivity index (χ1n) is 7.14. The molecule has 1 aromatic rings. The van der Waals surface area contributed by atoms with Gasteiger partial charge in [-0.25, -0.2) is 4.68 Å². The maximum absolute atomic E-state index is 12.0. The Balaban J connectivity index is 1.83. The molecule has 1 aliphatic heterocycles. The molecule has 1 aromatic heterocycles. The van der Waals surface area contributed by atoms with Crippen LogP contribution in [0.4, 0.5) is 0 Å². The highest BCUT2D eigenvalue weighted by atomic mass is 32.2. The maximum atomic E-state index is 12.0. The minimum absolute atomic E-state index is 0.126. The van der Waals surface area contributed by atoms with Crippen LogP contribution in [0.2, 0.25) is 0 Å². The standard InChI is InChI=1S/C13H23N5OS/c1-10(20-2)3-8-15-13(19)12-9-18(17-16-12)11-4-6-14-7-5-11/h9-11,14H,3-8H2,1-2H3,(H,15,19). The molecular formula is C13H23N5OS. The molecule has 0 bridgehead atoms. The van der Waals surface area contributed by atoms with E-state index in [1.807, 2.05) is 4.68 Å². The van der Waals surface area contributed by atoms with Gasteiger partial charge in [-0.05, 0) is 38.6 Å². The topological polar surface area (TPSA) is 71.8 Å². The summed E-state index contributed by atoms with van der Waals surface area (Å²) in [7, 11) is 0. The Bertz CT molecular complexity index is 430. The van der Waals surface area contributed by atoms with Crippen molar-refractivity contribution in [3.05, 3.63) is 11.9 Å². The molecule has 1 amide bonds. The Morgan fingerprint density at radius 1 is 1.60 bits per heavy atom. The number of aromatic nitrogens is 3. The Hall–Kier alpha value is -1.08. The molecule has 112 valence electrons. The second-order valence-electron chi connectivity index (χ2n) is 5.16. The molecule has 2 heterocycles. The van der Waals surface area contributed by atoms with E-state index in [0.29, 0.717) is 23.5 Å². The van der Waals surface area contributed by atoms with E-state index < -0.39 is 0 Å². The zero-order valence-electron chi connectivity index (χ0n) is 12.1. The van der Waals surface area contributed by atoms with E-state index in [1.54, 1.807) is 18.0 Å². The minimum atomic E-state index is -0.126. The van der Waals surface area contributed by atoms with E-state index in [0.717, 1.165) is 32.4 Å². The van der Waals surface area contributed by atoms with Gasteiger partial charge in [0.15, 0.2) is 5.69 Å². The molecular weight excluding hydrogens is 274 g/mol. The smallest absolute Gasteiger partial charge is 0.273 e. The second kappa shape index (κ2) is 7.64. The summed E-state index contributed by atoms with van der Waals surface area (Å²) in [6.07, 6.45) is 6.89. The zero-order chi connectivity index (χ0) is 14.4. The van der Waals surface area contributed by atoms with Gasteiger partial charge < -0.3 is 10.6 Å². The molecule has 0 aliphatic carbocycles. The number of thioether (sulfide) groups is 1. The average Bonchev–Trinajstić information content (AvgIpc) is 2.97. The number of nitrogens with zero attached hydrogens (tertiary/aromatic N) is 3. The summed E-state index contributed by atoms with van der Waals surface area (Å²) in [6, 6.07) is 0.363. The van der Waals surface area contributed by atoms with Gasteiger partial charge in [-0.2, -0.15) is 11.8 Å². The summed E-state index contributed by atoms with van der Waals surface area (Å²) in [4.78, 5) is 12.0. The average molecular weight is 297 g/mol. The molecule has 0 spiro atoms. The van der Waals surface area contributed by atoms with Crippen LogP contribution >= 0.6 is 11.8 Å². The lowest BCUT2D eigenvalue weighted by atomic mass is 10.1. The number of hydrogen-bond acceptors (Lipinski definition) is 5. The van der Waals surface area contributed by atoms with Crippen molar-refractivity contribution in [3.8, 4) is 0 Å². The third-order valence-corrected chi connectivity index (χ3v) is 4.70. The minimum Gasteiger partial charge on any atom is -0.351 e. The predicted octanol–water partition coefficient (Wildman–Crippen LogP) is 1.07. The SMILES string of the molecule is CSC(C)CCNC(=O)c1cn(C2CCNCC2)nn1. The molecule has 1 unspecified atom stereocenters. The van der Waals surface area contributed by atoms with E-state index in [1.165, 1.54) is 0 Å². The van der Waals surface area contributed by atoms with Gasteiger partial charge in [0.2, 0.25) is 0 Å². The van der Waals surface area contributed by atoms with Crippen LogP contribution in [0.15, 0.2) is 6.20 Å². The highest BCUT2D eigenvalue weighted by Gasteiger charge is 2.18. The van der Waals surface area contributed by atoms with Crippen LogP contribution in [-0.2, 0) is 0 Å². The van der Waals surface area contributed by atoms with Gasteiger partial charge in [-0.3, -0.25) is 4.79 Å². The number of carbonyl (C=O) groups is 1. The molecule has 0 aromatic carbocycles. The highest BCUT2D eigenvalue weighted by Crippen LogP contribution is 2.17. The Morgan fingerprint density at radius 3 is 3.05 bits per heavy atom. The van der Waals surface area contributed by atoms with Gasteiger partial charge in [0.25, 0.3) is 5.91 Å². The predicted molar refractivity (Wildman–Crippen MR) is 81.1 cm³/mol. The number of nitrogens with one attached hydrogen (secondary N) is 2. The molecule has 7 heteroatoms. The van der Waals surface area contributed by atoms with E-state index in [-0.39, 0.29) is 5.91 Å². The van der Waals surface area contributed by atoms with Crippen molar-refractivity contribution >= 4 is 17.7 Å². The van der Waals surface area contributed by atoms with Crippen LogP contribution in [-0.4, -0.2) is 52.0 Å². The Labute approximate surface area is 124 Å². The van der Waals surface area contributed by atoms with Gasteiger partial charge in [0.05, 0.1) is 12.2 Å². The summed E-state index contributed by atoms with van der Waals surface area (Å²) in [5.41, 5.74) is 0.417. The monoisotopic (exact) mass is 297 g/mol. The zero-order valence-corrected chi connectivity index (χ0v) is 12.9. The van der Waals surface area contributed by atoms with E-state index in [2.05, 4.69) is 34.1 Å². The van der Waals surface area contributed by atoms with Crippen molar-refractivity contribution < 1.29 is 4.79 Å². The van der Waals surface area contributed by atoms with Gasteiger partial charge >= 0.3 is 0 Å². The largest absolute Gasteiger partial charge is 0.351 e. The first-order chi connectivity index (χ1) is 9.70. The lowest BCUT2D eigenvalue weighted by molar-refractivity contribution is 0.0948. The molecule has 20 heavy (non-hydrogen) atoms. The molecule has 2 N–H and O–H groups in total. The molecule has 0 saturated carbocycles. The molecule has 1 fully saturated rings. The van der Waals surface area contributed by atoms with E-state index in [9.17, 15) is 4.79 Å². The van der Waals surface area contributed by atoms with Crippen LogP contribution in [0.25, 0.3) is 0 Å². The van der Waals surface area contributed by atoms with Crippen molar-refractivity contribution in [3.63, 3.8) is 0 Å². The van der Waals surface area contributed by atoms with Crippen molar-refractivity contribution in [1.29, 1.82) is 0 Å². The van der Waals surface area contributed by atoms with Crippen molar-refractivity contribution in [2.24, 2.45) is 0 Å². The number of amides is 1. The first kappa shape index (κ1) is 15.3. The third kappa shape index (κ3) is 4.21. The summed E-state index contributed by atoms with van der Waals surface area (Å²) in [6.45, 7) is 4.84.